The van der Waals surface area contributed by atoms with Gasteiger partial charge in [-0.15, -0.1) is 0 Å². The monoisotopic (exact) mass is 360 g/mol. The van der Waals surface area contributed by atoms with Crippen LogP contribution in [-0.4, -0.2) is 31.7 Å². The number of likely N-dealkylation sites (N-methyl/N-ethyl adjacent to an activating group) is 1. The van der Waals surface area contributed by atoms with Gasteiger partial charge in [0.05, 0.1) is 11.4 Å². The van der Waals surface area contributed by atoms with Crippen molar-refractivity contribution in [2.75, 3.05) is 18.4 Å². The first-order valence-corrected chi connectivity index (χ1v) is 9.62. The Morgan fingerprint density at radius 3 is 2.08 bits per heavy atom. The Bertz CT molecular complexity index is 838. The molecular formula is C19H24N2O3S. The molecule has 0 aliphatic carbocycles. The Morgan fingerprint density at radius 1 is 1.00 bits per heavy atom. The number of carbonyl (C=O) groups is 1. The van der Waals surface area contributed by atoms with Gasteiger partial charge in [0.25, 0.3) is 0 Å². The molecular weight excluding hydrogens is 336 g/mol. The lowest BCUT2D eigenvalue weighted by Crippen LogP contribution is -2.38. The van der Waals surface area contributed by atoms with Crippen molar-refractivity contribution in [3.63, 3.8) is 0 Å². The van der Waals surface area contributed by atoms with Crippen LogP contribution in [0.4, 0.5) is 5.69 Å². The van der Waals surface area contributed by atoms with E-state index < -0.39 is 10.0 Å². The molecule has 0 atom stereocenters. The van der Waals surface area contributed by atoms with Crippen LogP contribution in [0.2, 0.25) is 0 Å². The Balaban J connectivity index is 2.18. The van der Waals surface area contributed by atoms with Crippen molar-refractivity contribution in [3.05, 3.63) is 59.2 Å². The van der Waals surface area contributed by atoms with Gasteiger partial charge in [0.1, 0.15) is 0 Å². The second kappa shape index (κ2) is 7.80. The average Bonchev–Trinajstić information content (AvgIpc) is 2.56. The minimum absolute atomic E-state index is 0.194. The van der Waals surface area contributed by atoms with Gasteiger partial charge in [0.2, 0.25) is 15.9 Å². The molecule has 0 radical (unpaired) electrons. The highest BCUT2D eigenvalue weighted by Crippen LogP contribution is 2.20. The van der Waals surface area contributed by atoms with Gasteiger partial charge in [0, 0.05) is 12.2 Å². The predicted molar refractivity (Wildman–Crippen MR) is 100 cm³/mol. The summed E-state index contributed by atoms with van der Waals surface area (Å²) in [5.41, 5.74) is 3.60. The van der Waals surface area contributed by atoms with E-state index in [0.29, 0.717) is 0 Å². The van der Waals surface area contributed by atoms with Crippen molar-refractivity contribution >= 4 is 21.6 Å². The molecule has 0 spiro atoms. The third-order valence-electron chi connectivity index (χ3n) is 4.08. The Hall–Kier alpha value is -2.18. The predicted octanol–water partition coefficient (Wildman–Crippen LogP) is 3.26. The fourth-order valence-electron chi connectivity index (χ4n) is 2.58. The van der Waals surface area contributed by atoms with E-state index in [1.54, 1.807) is 31.2 Å². The quantitative estimate of drug-likeness (QED) is 0.860. The number of sulfonamides is 1. The summed E-state index contributed by atoms with van der Waals surface area (Å²) >= 11 is 0. The van der Waals surface area contributed by atoms with Gasteiger partial charge in [-0.3, -0.25) is 4.79 Å². The molecule has 5 nitrogen and oxygen atoms in total. The minimum atomic E-state index is -3.70. The van der Waals surface area contributed by atoms with E-state index >= 15 is 0 Å². The standard InChI is InChI=1S/C19H24N2O3S/c1-5-21(25(23,24)17-11-9-14(2)10-12-17)13-18(22)20-19-15(3)7-6-8-16(19)4/h6-12H,5,13H2,1-4H3,(H,20,22). The molecule has 0 bridgehead atoms. The summed E-state index contributed by atoms with van der Waals surface area (Å²) in [5.74, 6) is -0.352. The molecule has 2 rings (SSSR count). The Labute approximate surface area is 149 Å². The molecule has 0 aliphatic heterocycles. The summed E-state index contributed by atoms with van der Waals surface area (Å²) < 4.78 is 26.7. The van der Waals surface area contributed by atoms with E-state index in [0.717, 1.165) is 22.4 Å². The minimum Gasteiger partial charge on any atom is -0.324 e. The number of rotatable bonds is 6. The van der Waals surface area contributed by atoms with Crippen LogP contribution < -0.4 is 5.32 Å². The van der Waals surface area contributed by atoms with Crippen molar-refractivity contribution in [1.29, 1.82) is 0 Å². The van der Waals surface area contributed by atoms with Gasteiger partial charge < -0.3 is 5.32 Å². The molecule has 134 valence electrons. The van der Waals surface area contributed by atoms with Crippen molar-refractivity contribution in [2.45, 2.75) is 32.6 Å². The van der Waals surface area contributed by atoms with E-state index in [-0.39, 0.29) is 23.9 Å². The van der Waals surface area contributed by atoms with Crippen LogP contribution in [-0.2, 0) is 14.8 Å². The van der Waals surface area contributed by atoms with Crippen LogP contribution in [0.1, 0.15) is 23.6 Å². The molecule has 0 aliphatic rings. The number of hydrogen-bond acceptors (Lipinski definition) is 3. The third-order valence-corrected chi connectivity index (χ3v) is 6.01. The first kappa shape index (κ1) is 19.1. The number of carbonyl (C=O) groups excluding carboxylic acids is 1. The Kier molecular flexibility index (Phi) is 5.98. The van der Waals surface area contributed by atoms with Gasteiger partial charge >= 0.3 is 0 Å². The van der Waals surface area contributed by atoms with E-state index in [9.17, 15) is 13.2 Å². The van der Waals surface area contributed by atoms with E-state index in [1.807, 2.05) is 39.0 Å². The smallest absolute Gasteiger partial charge is 0.243 e. The van der Waals surface area contributed by atoms with Gasteiger partial charge in [0.15, 0.2) is 0 Å². The summed E-state index contributed by atoms with van der Waals surface area (Å²) in [6.45, 7) is 7.42. The molecule has 0 heterocycles. The van der Waals surface area contributed by atoms with Crippen LogP contribution >= 0.6 is 0 Å². The summed E-state index contributed by atoms with van der Waals surface area (Å²) in [7, 11) is -3.70. The highest BCUT2D eigenvalue weighted by atomic mass is 32.2. The summed E-state index contributed by atoms with van der Waals surface area (Å²) in [6, 6.07) is 12.4. The molecule has 25 heavy (non-hydrogen) atoms. The number of benzene rings is 2. The van der Waals surface area contributed by atoms with Crippen molar-refractivity contribution < 1.29 is 13.2 Å². The average molecular weight is 360 g/mol. The molecule has 1 amide bonds. The zero-order valence-electron chi connectivity index (χ0n) is 15.0. The molecule has 0 saturated carbocycles. The number of anilines is 1. The van der Waals surface area contributed by atoms with Crippen LogP contribution in [0, 0.1) is 20.8 Å². The summed E-state index contributed by atoms with van der Waals surface area (Å²) in [4.78, 5) is 12.6. The van der Waals surface area contributed by atoms with Crippen molar-refractivity contribution in [1.82, 2.24) is 4.31 Å². The lowest BCUT2D eigenvalue weighted by atomic mass is 10.1. The molecule has 0 fully saturated rings. The molecule has 6 heteroatoms. The number of aryl methyl sites for hydroxylation is 3. The summed E-state index contributed by atoms with van der Waals surface area (Å²) in [5, 5.41) is 2.83. The molecule has 0 unspecified atom stereocenters. The summed E-state index contributed by atoms with van der Waals surface area (Å²) in [6.07, 6.45) is 0. The van der Waals surface area contributed by atoms with Gasteiger partial charge in [-0.25, -0.2) is 8.42 Å². The number of hydrogen-bond donors (Lipinski definition) is 1. The molecule has 2 aromatic rings. The normalized spacial score (nSPS) is 11.6. The van der Waals surface area contributed by atoms with Crippen molar-refractivity contribution in [2.24, 2.45) is 0 Å². The third kappa shape index (κ3) is 4.46. The number of nitrogens with zero attached hydrogens (tertiary/aromatic N) is 1. The van der Waals surface area contributed by atoms with Gasteiger partial charge in [-0.2, -0.15) is 4.31 Å². The molecule has 1 N–H and O–H groups in total. The van der Waals surface area contributed by atoms with E-state index in [4.69, 9.17) is 0 Å². The van der Waals surface area contributed by atoms with Crippen LogP contribution in [0.15, 0.2) is 47.4 Å². The number of nitrogens with one attached hydrogen (secondary N) is 1. The molecule has 2 aromatic carbocycles. The van der Waals surface area contributed by atoms with Crippen LogP contribution in [0.25, 0.3) is 0 Å². The first-order chi connectivity index (χ1) is 11.8. The maximum Gasteiger partial charge on any atom is 0.243 e. The lowest BCUT2D eigenvalue weighted by Gasteiger charge is -2.21. The van der Waals surface area contributed by atoms with Gasteiger partial charge in [-0.1, -0.05) is 42.8 Å². The van der Waals surface area contributed by atoms with Gasteiger partial charge in [-0.05, 0) is 44.0 Å². The lowest BCUT2D eigenvalue weighted by molar-refractivity contribution is -0.116. The van der Waals surface area contributed by atoms with Crippen LogP contribution in [0.3, 0.4) is 0 Å². The largest absolute Gasteiger partial charge is 0.324 e. The fraction of sp³-hybridized carbons (Fsp3) is 0.316. The van der Waals surface area contributed by atoms with E-state index in [2.05, 4.69) is 5.32 Å². The molecule has 0 aromatic heterocycles. The fourth-order valence-corrected chi connectivity index (χ4v) is 3.98. The SMILES string of the molecule is CCN(CC(=O)Nc1c(C)cccc1C)S(=O)(=O)c1ccc(C)cc1. The maximum atomic E-state index is 12.7. The zero-order valence-corrected chi connectivity index (χ0v) is 15.9. The zero-order chi connectivity index (χ0) is 18.6. The highest BCUT2D eigenvalue weighted by molar-refractivity contribution is 7.89. The van der Waals surface area contributed by atoms with Crippen molar-refractivity contribution in [3.8, 4) is 0 Å². The maximum absolute atomic E-state index is 12.7. The first-order valence-electron chi connectivity index (χ1n) is 8.18. The van der Waals surface area contributed by atoms with E-state index in [1.165, 1.54) is 4.31 Å². The Morgan fingerprint density at radius 2 is 1.56 bits per heavy atom. The highest BCUT2D eigenvalue weighted by Gasteiger charge is 2.25. The molecule has 0 saturated heterocycles. The second-order valence-corrected chi connectivity index (χ2v) is 8.00. The topological polar surface area (TPSA) is 66.5 Å². The second-order valence-electron chi connectivity index (χ2n) is 6.06. The van der Waals surface area contributed by atoms with Crippen LogP contribution in [0.5, 0.6) is 0 Å². The number of amides is 1. The number of para-hydroxylation sites is 1.